The van der Waals surface area contributed by atoms with Crippen LogP contribution in [0.25, 0.3) is 0 Å². The molecule has 2 rings (SSSR count). The minimum Gasteiger partial charge on any atom is -0.384 e. The summed E-state index contributed by atoms with van der Waals surface area (Å²) in [6, 6.07) is 9.01. The summed E-state index contributed by atoms with van der Waals surface area (Å²) in [7, 11) is 1.73. The minimum absolute atomic E-state index is 0. The number of halogens is 1. The molecule has 20 heavy (non-hydrogen) atoms. The van der Waals surface area contributed by atoms with Crippen molar-refractivity contribution >= 4 is 18.3 Å². The number of hydrogen-bond donors (Lipinski definition) is 1. The van der Waals surface area contributed by atoms with Gasteiger partial charge in [0.2, 0.25) is 5.91 Å². The van der Waals surface area contributed by atoms with Crippen molar-refractivity contribution in [3.05, 3.63) is 35.9 Å². The zero-order chi connectivity index (χ0) is 13.7. The van der Waals surface area contributed by atoms with Crippen molar-refractivity contribution in [2.45, 2.75) is 18.9 Å². The van der Waals surface area contributed by atoms with Crippen LogP contribution in [-0.4, -0.2) is 37.6 Å². The number of benzene rings is 1. The lowest BCUT2D eigenvalue weighted by molar-refractivity contribution is -0.134. The number of carbonyl (C=O) groups excluding carboxylic acids is 1. The third-order valence-electron chi connectivity index (χ3n) is 3.75. The largest absolute Gasteiger partial charge is 0.384 e. The van der Waals surface area contributed by atoms with Crippen molar-refractivity contribution in [3.8, 4) is 0 Å². The highest BCUT2D eigenvalue weighted by molar-refractivity contribution is 5.85. The Balaban J connectivity index is 0.00000200. The molecule has 0 spiro atoms. The highest BCUT2D eigenvalue weighted by Crippen LogP contribution is 2.20. The SMILES string of the molecule is COCC1CCN(C(=O)C(N)c2ccccc2)CC1.Cl. The molecule has 0 bridgehead atoms. The van der Waals surface area contributed by atoms with Crippen molar-refractivity contribution < 1.29 is 9.53 Å². The van der Waals surface area contributed by atoms with E-state index in [2.05, 4.69) is 0 Å². The maximum atomic E-state index is 12.3. The average molecular weight is 299 g/mol. The van der Waals surface area contributed by atoms with E-state index in [0.717, 1.165) is 38.1 Å². The van der Waals surface area contributed by atoms with E-state index in [1.807, 2.05) is 35.2 Å². The third kappa shape index (κ3) is 4.20. The van der Waals surface area contributed by atoms with Crippen molar-refractivity contribution in [1.29, 1.82) is 0 Å². The first-order valence-electron chi connectivity index (χ1n) is 6.80. The number of hydrogen-bond acceptors (Lipinski definition) is 3. The zero-order valence-corrected chi connectivity index (χ0v) is 12.6. The molecule has 1 aliphatic heterocycles. The maximum absolute atomic E-state index is 12.3. The van der Waals surface area contributed by atoms with Crippen LogP contribution in [0.4, 0.5) is 0 Å². The predicted octanol–water partition coefficient (Wildman–Crippen LogP) is 1.99. The molecule has 4 nitrogen and oxygen atoms in total. The molecule has 1 amide bonds. The van der Waals surface area contributed by atoms with Gasteiger partial charge in [0.25, 0.3) is 0 Å². The standard InChI is InChI=1S/C15H22N2O2.ClH/c1-19-11-12-7-9-17(10-8-12)15(18)14(16)13-5-3-2-4-6-13;/h2-6,12,14H,7-11,16H2,1H3;1H. The van der Waals surface area contributed by atoms with Gasteiger partial charge in [0.05, 0.1) is 0 Å². The summed E-state index contributed by atoms with van der Waals surface area (Å²) in [5.74, 6) is 0.601. The van der Waals surface area contributed by atoms with E-state index in [-0.39, 0.29) is 18.3 Å². The summed E-state index contributed by atoms with van der Waals surface area (Å²) in [6.07, 6.45) is 2.00. The first-order valence-corrected chi connectivity index (χ1v) is 6.80. The van der Waals surface area contributed by atoms with Crippen molar-refractivity contribution in [3.63, 3.8) is 0 Å². The van der Waals surface area contributed by atoms with E-state index in [0.29, 0.717) is 5.92 Å². The van der Waals surface area contributed by atoms with Crippen LogP contribution in [0.2, 0.25) is 0 Å². The van der Waals surface area contributed by atoms with E-state index < -0.39 is 6.04 Å². The Morgan fingerprint density at radius 2 is 1.95 bits per heavy atom. The average Bonchev–Trinajstić information content (AvgIpc) is 2.48. The predicted molar refractivity (Wildman–Crippen MR) is 81.8 cm³/mol. The van der Waals surface area contributed by atoms with Crippen LogP contribution in [0.1, 0.15) is 24.4 Å². The Kier molecular flexibility index (Phi) is 6.99. The van der Waals surface area contributed by atoms with Crippen LogP contribution < -0.4 is 5.73 Å². The molecule has 0 aliphatic carbocycles. The second-order valence-electron chi connectivity index (χ2n) is 5.11. The van der Waals surface area contributed by atoms with Crippen LogP contribution in [0.3, 0.4) is 0 Å². The number of nitrogens with zero attached hydrogens (tertiary/aromatic N) is 1. The molecule has 0 radical (unpaired) electrons. The Morgan fingerprint density at radius 1 is 1.35 bits per heavy atom. The molecule has 0 aromatic heterocycles. The van der Waals surface area contributed by atoms with Crippen LogP contribution in [0.5, 0.6) is 0 Å². The maximum Gasteiger partial charge on any atom is 0.244 e. The second-order valence-corrected chi connectivity index (χ2v) is 5.11. The first-order chi connectivity index (χ1) is 9.22. The number of rotatable bonds is 4. The van der Waals surface area contributed by atoms with Gasteiger partial charge in [-0.05, 0) is 24.3 Å². The molecule has 1 saturated heterocycles. The van der Waals surface area contributed by atoms with Crippen LogP contribution in [-0.2, 0) is 9.53 Å². The van der Waals surface area contributed by atoms with Gasteiger partial charge in [-0.3, -0.25) is 4.79 Å². The number of carbonyl (C=O) groups is 1. The topological polar surface area (TPSA) is 55.6 Å². The Hall–Kier alpha value is -1.10. The van der Waals surface area contributed by atoms with E-state index >= 15 is 0 Å². The zero-order valence-electron chi connectivity index (χ0n) is 11.8. The Labute approximate surface area is 126 Å². The van der Waals surface area contributed by atoms with Gasteiger partial charge in [-0.1, -0.05) is 30.3 Å². The van der Waals surface area contributed by atoms with E-state index in [1.54, 1.807) is 7.11 Å². The van der Waals surface area contributed by atoms with Crippen LogP contribution in [0.15, 0.2) is 30.3 Å². The molecule has 1 aromatic carbocycles. The fourth-order valence-corrected chi connectivity index (χ4v) is 2.56. The molecule has 1 heterocycles. The van der Waals surface area contributed by atoms with Gasteiger partial charge in [-0.15, -0.1) is 12.4 Å². The lowest BCUT2D eigenvalue weighted by Gasteiger charge is -2.33. The monoisotopic (exact) mass is 298 g/mol. The van der Waals surface area contributed by atoms with Gasteiger partial charge < -0.3 is 15.4 Å². The molecular weight excluding hydrogens is 276 g/mol. The fraction of sp³-hybridized carbons (Fsp3) is 0.533. The molecule has 0 saturated carbocycles. The highest BCUT2D eigenvalue weighted by atomic mass is 35.5. The summed E-state index contributed by atoms with van der Waals surface area (Å²) in [5.41, 5.74) is 6.93. The fourth-order valence-electron chi connectivity index (χ4n) is 2.56. The summed E-state index contributed by atoms with van der Waals surface area (Å²) >= 11 is 0. The quantitative estimate of drug-likeness (QED) is 0.925. The van der Waals surface area contributed by atoms with Gasteiger partial charge in [0, 0.05) is 26.8 Å². The van der Waals surface area contributed by atoms with Crippen LogP contribution in [0, 0.1) is 5.92 Å². The summed E-state index contributed by atoms with van der Waals surface area (Å²) in [4.78, 5) is 14.2. The van der Waals surface area contributed by atoms with Crippen molar-refractivity contribution in [2.24, 2.45) is 11.7 Å². The van der Waals surface area contributed by atoms with E-state index in [1.165, 1.54) is 0 Å². The minimum atomic E-state index is -0.542. The molecule has 1 aromatic rings. The number of ether oxygens (including phenoxy) is 1. The van der Waals surface area contributed by atoms with Gasteiger partial charge >= 0.3 is 0 Å². The Morgan fingerprint density at radius 3 is 2.50 bits per heavy atom. The summed E-state index contributed by atoms with van der Waals surface area (Å²) in [5, 5.41) is 0. The van der Waals surface area contributed by atoms with E-state index in [4.69, 9.17) is 10.5 Å². The van der Waals surface area contributed by atoms with E-state index in [9.17, 15) is 4.79 Å². The van der Waals surface area contributed by atoms with Gasteiger partial charge in [-0.2, -0.15) is 0 Å². The number of piperidine rings is 1. The van der Waals surface area contributed by atoms with Crippen LogP contribution >= 0.6 is 12.4 Å². The highest BCUT2D eigenvalue weighted by Gasteiger charge is 2.26. The second kappa shape index (κ2) is 8.25. The molecular formula is C15H23ClN2O2. The smallest absolute Gasteiger partial charge is 0.244 e. The van der Waals surface area contributed by atoms with Gasteiger partial charge in [0.1, 0.15) is 6.04 Å². The normalized spacial score (nSPS) is 17.4. The molecule has 2 N–H and O–H groups in total. The molecule has 1 aliphatic rings. The number of nitrogens with two attached hydrogens (primary N) is 1. The lowest BCUT2D eigenvalue weighted by atomic mass is 9.96. The summed E-state index contributed by atoms with van der Waals surface area (Å²) < 4.78 is 5.17. The molecule has 112 valence electrons. The van der Waals surface area contributed by atoms with Gasteiger partial charge in [0.15, 0.2) is 0 Å². The first kappa shape index (κ1) is 17.0. The molecule has 1 atom stereocenters. The number of methoxy groups -OCH3 is 1. The Bertz CT molecular complexity index is 406. The van der Waals surface area contributed by atoms with Crippen molar-refractivity contribution in [2.75, 3.05) is 26.8 Å². The molecule has 1 unspecified atom stereocenters. The summed E-state index contributed by atoms with van der Waals surface area (Å²) in [6.45, 7) is 2.35. The lowest BCUT2D eigenvalue weighted by Crippen LogP contribution is -2.43. The van der Waals surface area contributed by atoms with Crippen molar-refractivity contribution in [1.82, 2.24) is 4.90 Å². The molecule has 1 fully saturated rings. The third-order valence-corrected chi connectivity index (χ3v) is 3.75. The van der Waals surface area contributed by atoms with Gasteiger partial charge in [-0.25, -0.2) is 0 Å². The number of likely N-dealkylation sites (tertiary alicyclic amines) is 1. The number of amides is 1. The molecule has 5 heteroatoms.